The summed E-state index contributed by atoms with van der Waals surface area (Å²) < 4.78 is 15.7. The van der Waals surface area contributed by atoms with Gasteiger partial charge in [0.2, 0.25) is 5.75 Å². The van der Waals surface area contributed by atoms with Crippen LogP contribution in [-0.4, -0.2) is 52.6 Å². The summed E-state index contributed by atoms with van der Waals surface area (Å²) in [6.07, 6.45) is 0. The van der Waals surface area contributed by atoms with Gasteiger partial charge < -0.3 is 14.2 Å². The van der Waals surface area contributed by atoms with Crippen molar-refractivity contribution in [2.24, 2.45) is 5.92 Å². The molecule has 1 amide bonds. The van der Waals surface area contributed by atoms with Crippen LogP contribution in [0.5, 0.6) is 17.2 Å². The second-order valence-electron chi connectivity index (χ2n) is 5.88. The molecule has 0 bridgehead atoms. The van der Waals surface area contributed by atoms with Crippen LogP contribution in [0.2, 0.25) is 0 Å². The highest BCUT2D eigenvalue weighted by molar-refractivity contribution is 7.80. The van der Waals surface area contributed by atoms with E-state index >= 15 is 0 Å². The third kappa shape index (κ3) is 5.26. The number of ether oxygens (including phenoxy) is 3. The molecule has 10 nitrogen and oxygen atoms in total. The van der Waals surface area contributed by atoms with Crippen LogP contribution >= 0.6 is 12.2 Å². The van der Waals surface area contributed by atoms with Crippen LogP contribution in [0.4, 0.5) is 5.95 Å². The lowest BCUT2D eigenvalue weighted by molar-refractivity contribution is 0.0977. The molecule has 2 aromatic rings. The molecule has 0 saturated heterocycles. The van der Waals surface area contributed by atoms with E-state index in [0.29, 0.717) is 29.7 Å². The topological polar surface area (TPSA) is 112 Å². The maximum absolute atomic E-state index is 12.5. The van der Waals surface area contributed by atoms with Crippen molar-refractivity contribution in [3.8, 4) is 17.2 Å². The number of benzene rings is 1. The minimum Gasteiger partial charge on any atom is -0.493 e. The van der Waals surface area contributed by atoms with E-state index in [-0.39, 0.29) is 16.6 Å². The number of aromatic nitrogens is 4. The number of methoxy groups -OCH3 is 3. The Hall–Kier alpha value is -2.95. The lowest BCUT2D eigenvalue weighted by atomic mass is 10.1. The van der Waals surface area contributed by atoms with E-state index in [1.165, 1.54) is 38.3 Å². The van der Waals surface area contributed by atoms with Crippen LogP contribution in [-0.2, 0) is 6.54 Å². The summed E-state index contributed by atoms with van der Waals surface area (Å²) in [5.41, 5.74) is 0.282. The Morgan fingerprint density at radius 3 is 2.33 bits per heavy atom. The molecular weight excluding hydrogens is 372 g/mol. The van der Waals surface area contributed by atoms with E-state index in [4.69, 9.17) is 26.4 Å². The van der Waals surface area contributed by atoms with Crippen molar-refractivity contribution >= 4 is 29.2 Å². The fourth-order valence-corrected chi connectivity index (χ4v) is 2.40. The minimum absolute atomic E-state index is 0.0397. The first-order valence-corrected chi connectivity index (χ1v) is 8.48. The molecule has 1 aromatic heterocycles. The number of thiocarbonyl (C=S) groups is 1. The smallest absolute Gasteiger partial charge is 0.269 e. The lowest BCUT2D eigenvalue weighted by Crippen LogP contribution is -2.34. The van der Waals surface area contributed by atoms with Gasteiger partial charge in [0.25, 0.3) is 11.9 Å². The maximum atomic E-state index is 12.5. The molecule has 0 aliphatic heterocycles. The van der Waals surface area contributed by atoms with Crippen LogP contribution in [0, 0.1) is 5.92 Å². The van der Waals surface area contributed by atoms with Crippen molar-refractivity contribution in [2.45, 2.75) is 20.4 Å². The number of nitrogens with one attached hydrogen (secondary N) is 2. The van der Waals surface area contributed by atoms with E-state index in [1.54, 1.807) is 0 Å². The van der Waals surface area contributed by atoms with E-state index in [0.717, 1.165) is 0 Å². The number of carbonyl (C=O) groups is 1. The summed E-state index contributed by atoms with van der Waals surface area (Å²) >= 11 is 5.13. The molecule has 11 heteroatoms. The highest BCUT2D eigenvalue weighted by Crippen LogP contribution is 2.38. The molecule has 146 valence electrons. The Labute approximate surface area is 162 Å². The Kier molecular flexibility index (Phi) is 6.88. The highest BCUT2D eigenvalue weighted by atomic mass is 32.1. The van der Waals surface area contributed by atoms with Crippen molar-refractivity contribution in [1.29, 1.82) is 0 Å². The van der Waals surface area contributed by atoms with Crippen LogP contribution in [0.1, 0.15) is 24.2 Å². The van der Waals surface area contributed by atoms with Gasteiger partial charge >= 0.3 is 0 Å². The molecule has 1 aromatic carbocycles. The fraction of sp³-hybridized carbons (Fsp3) is 0.438. The second kappa shape index (κ2) is 9.12. The largest absolute Gasteiger partial charge is 0.493 e. The molecule has 0 spiro atoms. The number of tetrazole rings is 1. The molecule has 2 N–H and O–H groups in total. The van der Waals surface area contributed by atoms with Gasteiger partial charge in [-0.1, -0.05) is 18.9 Å². The van der Waals surface area contributed by atoms with Crippen LogP contribution in [0.15, 0.2) is 12.1 Å². The minimum atomic E-state index is -0.457. The summed E-state index contributed by atoms with van der Waals surface area (Å²) in [4.78, 5) is 13.9. The Morgan fingerprint density at radius 1 is 1.19 bits per heavy atom. The molecule has 2 rings (SSSR count). The summed E-state index contributed by atoms with van der Waals surface area (Å²) in [5.74, 6) is 1.23. The maximum Gasteiger partial charge on any atom is 0.269 e. The van der Waals surface area contributed by atoms with Gasteiger partial charge in [0.1, 0.15) is 0 Å². The fourth-order valence-electron chi connectivity index (χ4n) is 2.22. The van der Waals surface area contributed by atoms with Crippen molar-refractivity contribution in [3.05, 3.63) is 17.7 Å². The molecule has 0 atom stereocenters. The van der Waals surface area contributed by atoms with Gasteiger partial charge in [-0.15, -0.1) is 5.10 Å². The summed E-state index contributed by atoms with van der Waals surface area (Å²) in [6, 6.07) is 3.05. The van der Waals surface area contributed by atoms with Crippen LogP contribution in [0.25, 0.3) is 0 Å². The van der Waals surface area contributed by atoms with Gasteiger partial charge in [0.05, 0.1) is 27.9 Å². The zero-order valence-corrected chi connectivity index (χ0v) is 16.6. The van der Waals surface area contributed by atoms with E-state index < -0.39 is 5.91 Å². The Bertz CT molecular complexity index is 798. The average molecular weight is 394 g/mol. The number of hydrogen-bond donors (Lipinski definition) is 2. The van der Waals surface area contributed by atoms with Gasteiger partial charge in [-0.25, -0.2) is 0 Å². The first kappa shape index (κ1) is 20.4. The molecular formula is C16H22N6O4S. The number of anilines is 1. The Morgan fingerprint density at radius 2 is 1.81 bits per heavy atom. The third-order valence-corrected chi connectivity index (χ3v) is 3.56. The monoisotopic (exact) mass is 394 g/mol. The number of amides is 1. The standard InChI is InChI=1S/C16H22N6O4S/c1-9(2)8-22-20-15(19-21-22)18-16(27)17-14(23)10-6-11(24-3)13(26-5)12(7-10)25-4/h6-7,9H,8H2,1-5H3,(H2,17,18,20,23,27). The van der Waals surface area contributed by atoms with E-state index in [9.17, 15) is 4.79 Å². The zero-order chi connectivity index (χ0) is 20.0. The first-order chi connectivity index (χ1) is 12.9. The van der Waals surface area contributed by atoms with Crippen molar-refractivity contribution in [1.82, 2.24) is 25.5 Å². The quantitative estimate of drug-likeness (QED) is 0.674. The van der Waals surface area contributed by atoms with Gasteiger partial charge in [-0.3, -0.25) is 15.4 Å². The van der Waals surface area contributed by atoms with E-state index in [1.807, 2.05) is 13.8 Å². The molecule has 1 heterocycles. The first-order valence-electron chi connectivity index (χ1n) is 8.08. The lowest BCUT2D eigenvalue weighted by Gasteiger charge is -2.14. The number of hydrogen-bond acceptors (Lipinski definition) is 8. The van der Waals surface area contributed by atoms with Gasteiger partial charge in [0, 0.05) is 5.56 Å². The summed E-state index contributed by atoms with van der Waals surface area (Å²) in [7, 11) is 4.42. The van der Waals surface area contributed by atoms with Gasteiger partial charge in [0.15, 0.2) is 16.6 Å². The van der Waals surface area contributed by atoms with Crippen molar-refractivity contribution < 1.29 is 19.0 Å². The van der Waals surface area contributed by atoms with Gasteiger partial charge in [-0.05, 0) is 35.5 Å². The molecule has 0 aliphatic carbocycles. The highest BCUT2D eigenvalue weighted by Gasteiger charge is 2.18. The SMILES string of the molecule is COc1cc(C(=O)NC(=S)Nc2nnn(CC(C)C)n2)cc(OC)c1OC. The number of carbonyl (C=O) groups excluding carboxylic acids is 1. The zero-order valence-electron chi connectivity index (χ0n) is 15.8. The Balaban J connectivity index is 2.08. The summed E-state index contributed by atoms with van der Waals surface area (Å²) in [5, 5.41) is 17.2. The van der Waals surface area contributed by atoms with Crippen molar-refractivity contribution in [3.63, 3.8) is 0 Å². The average Bonchev–Trinajstić information content (AvgIpc) is 3.05. The molecule has 0 aliphatic rings. The normalized spacial score (nSPS) is 10.4. The second-order valence-corrected chi connectivity index (χ2v) is 6.29. The third-order valence-electron chi connectivity index (χ3n) is 3.36. The molecule has 27 heavy (non-hydrogen) atoms. The van der Waals surface area contributed by atoms with Crippen LogP contribution < -0.4 is 24.8 Å². The number of rotatable bonds is 7. The summed E-state index contributed by atoms with van der Waals surface area (Å²) in [6.45, 7) is 4.71. The predicted octanol–water partition coefficient (Wildman–Crippen LogP) is 1.48. The van der Waals surface area contributed by atoms with Crippen LogP contribution in [0.3, 0.4) is 0 Å². The van der Waals surface area contributed by atoms with Gasteiger partial charge in [-0.2, -0.15) is 4.80 Å². The molecule has 0 unspecified atom stereocenters. The molecule has 0 fully saturated rings. The van der Waals surface area contributed by atoms with E-state index in [2.05, 4.69) is 26.0 Å². The molecule has 0 saturated carbocycles. The number of nitrogens with zero attached hydrogens (tertiary/aromatic N) is 4. The predicted molar refractivity (Wildman–Crippen MR) is 102 cm³/mol. The molecule has 0 radical (unpaired) electrons. The van der Waals surface area contributed by atoms with Crippen molar-refractivity contribution in [2.75, 3.05) is 26.6 Å².